The van der Waals surface area contributed by atoms with Gasteiger partial charge in [0.2, 0.25) is 0 Å². The van der Waals surface area contributed by atoms with Crippen molar-refractivity contribution in [2.45, 2.75) is 18.9 Å². The minimum Gasteiger partial charge on any atom is -0.394 e. The summed E-state index contributed by atoms with van der Waals surface area (Å²) in [5, 5.41) is 10.1. The molecule has 0 aromatic rings. The van der Waals surface area contributed by atoms with Gasteiger partial charge in [0, 0.05) is 6.54 Å². The van der Waals surface area contributed by atoms with Crippen LogP contribution in [0, 0.1) is 0 Å². The molecule has 0 aliphatic carbocycles. The molecule has 0 unspecified atom stereocenters. The normalized spacial score (nSPS) is 25.7. The number of carbonyl (C=O) groups excluding carboxylic acids is 1. The average Bonchev–Trinajstić information content (AvgIpc) is 2.47. The number of hydroxylamine groups is 2. The molecule has 1 aliphatic heterocycles. The maximum absolute atomic E-state index is 10.4. The number of hydrogen-bond donors (Lipinski definition) is 1. The second kappa shape index (κ2) is 4.43. The van der Waals surface area contributed by atoms with Crippen molar-refractivity contribution in [1.82, 2.24) is 5.06 Å². The van der Waals surface area contributed by atoms with Crippen LogP contribution < -0.4 is 0 Å². The molecule has 1 fully saturated rings. The van der Waals surface area contributed by atoms with E-state index in [1.54, 1.807) is 5.06 Å². The van der Waals surface area contributed by atoms with Crippen LogP contribution in [-0.4, -0.2) is 42.3 Å². The second-order valence-electron chi connectivity index (χ2n) is 2.54. The van der Waals surface area contributed by atoms with E-state index < -0.39 is 0 Å². The first kappa shape index (κ1) is 8.64. The summed E-state index contributed by atoms with van der Waals surface area (Å²) in [5.41, 5.74) is 0. The topological polar surface area (TPSA) is 49.8 Å². The van der Waals surface area contributed by atoms with E-state index in [1.807, 2.05) is 0 Å². The lowest BCUT2D eigenvalue weighted by Crippen LogP contribution is -2.31. The molecular weight excluding hydrogens is 146 g/mol. The minimum atomic E-state index is -0.0958. The van der Waals surface area contributed by atoms with Gasteiger partial charge in [0.1, 0.15) is 6.29 Å². The fraction of sp³-hybridized carbons (Fsp3) is 0.857. The Morgan fingerprint density at radius 2 is 2.55 bits per heavy atom. The average molecular weight is 159 g/mol. The lowest BCUT2D eigenvalue weighted by atomic mass is 10.2. The summed E-state index contributed by atoms with van der Waals surface area (Å²) < 4.78 is 0. The molecule has 0 spiro atoms. The highest BCUT2D eigenvalue weighted by Crippen LogP contribution is 2.14. The van der Waals surface area contributed by atoms with Gasteiger partial charge in [-0.25, -0.2) is 0 Å². The Kier molecular flexibility index (Phi) is 3.48. The first-order valence-electron chi connectivity index (χ1n) is 3.84. The molecule has 0 saturated carbocycles. The molecule has 1 aliphatic rings. The van der Waals surface area contributed by atoms with E-state index >= 15 is 0 Å². The summed E-state index contributed by atoms with van der Waals surface area (Å²) in [6.45, 7) is 1.08. The van der Waals surface area contributed by atoms with Gasteiger partial charge in [0.15, 0.2) is 0 Å². The number of aliphatic hydroxyl groups is 1. The summed E-state index contributed by atoms with van der Waals surface area (Å²) in [6, 6.07) is -0.0958. The zero-order valence-electron chi connectivity index (χ0n) is 6.40. The minimum absolute atomic E-state index is 0.00206. The van der Waals surface area contributed by atoms with Crippen LogP contribution in [0.5, 0.6) is 0 Å². The Labute approximate surface area is 65.7 Å². The largest absolute Gasteiger partial charge is 0.394 e. The first-order valence-corrected chi connectivity index (χ1v) is 3.84. The number of rotatable bonds is 4. The standard InChI is InChI=1S/C7H13NO3/c9-4-5-11-8-3-1-2-7(8)6-10/h6-7,9H,1-5H2/t7-/m0/s1. The molecule has 0 aromatic heterocycles. The van der Waals surface area contributed by atoms with E-state index in [2.05, 4.69) is 0 Å². The van der Waals surface area contributed by atoms with Crippen molar-refractivity contribution in [3.05, 3.63) is 0 Å². The fourth-order valence-electron chi connectivity index (χ4n) is 1.22. The number of nitrogens with zero attached hydrogens (tertiary/aromatic N) is 1. The van der Waals surface area contributed by atoms with Crippen molar-refractivity contribution in [2.75, 3.05) is 19.8 Å². The van der Waals surface area contributed by atoms with E-state index in [0.717, 1.165) is 25.7 Å². The summed E-state index contributed by atoms with van der Waals surface area (Å²) in [5.74, 6) is 0. The van der Waals surface area contributed by atoms with Gasteiger partial charge in [0.05, 0.1) is 19.3 Å². The lowest BCUT2D eigenvalue weighted by molar-refractivity contribution is -0.174. The summed E-state index contributed by atoms with van der Waals surface area (Å²) in [4.78, 5) is 15.5. The highest BCUT2D eigenvalue weighted by Gasteiger charge is 2.24. The monoisotopic (exact) mass is 159 g/mol. The zero-order valence-corrected chi connectivity index (χ0v) is 6.40. The summed E-state index contributed by atoms with van der Waals surface area (Å²) in [6.07, 6.45) is 2.76. The van der Waals surface area contributed by atoms with Crippen molar-refractivity contribution >= 4 is 6.29 Å². The molecule has 1 atom stereocenters. The van der Waals surface area contributed by atoms with Crippen LogP contribution in [0.4, 0.5) is 0 Å². The van der Waals surface area contributed by atoms with Crippen molar-refractivity contribution in [3.63, 3.8) is 0 Å². The van der Waals surface area contributed by atoms with Gasteiger partial charge in [-0.1, -0.05) is 0 Å². The highest BCUT2D eigenvalue weighted by molar-refractivity contribution is 5.57. The molecule has 64 valence electrons. The van der Waals surface area contributed by atoms with E-state index in [4.69, 9.17) is 9.94 Å². The van der Waals surface area contributed by atoms with Gasteiger partial charge in [-0.15, -0.1) is 0 Å². The molecule has 1 heterocycles. The number of hydrogen-bond acceptors (Lipinski definition) is 4. The van der Waals surface area contributed by atoms with Crippen molar-refractivity contribution in [3.8, 4) is 0 Å². The van der Waals surface area contributed by atoms with Crippen LogP contribution in [0.15, 0.2) is 0 Å². The second-order valence-corrected chi connectivity index (χ2v) is 2.54. The lowest BCUT2D eigenvalue weighted by Gasteiger charge is -2.18. The Balaban J connectivity index is 2.25. The molecule has 0 amide bonds. The van der Waals surface area contributed by atoms with Crippen LogP contribution in [0.25, 0.3) is 0 Å². The third-order valence-electron chi connectivity index (χ3n) is 1.75. The SMILES string of the molecule is O=C[C@@H]1CCCN1OCCO. The Morgan fingerprint density at radius 3 is 3.18 bits per heavy atom. The number of aldehydes is 1. The molecule has 0 radical (unpaired) electrons. The fourth-order valence-corrected chi connectivity index (χ4v) is 1.22. The molecule has 1 N–H and O–H groups in total. The smallest absolute Gasteiger partial charge is 0.139 e. The van der Waals surface area contributed by atoms with Crippen LogP contribution in [0.3, 0.4) is 0 Å². The van der Waals surface area contributed by atoms with Crippen LogP contribution >= 0.6 is 0 Å². The van der Waals surface area contributed by atoms with Crippen molar-refractivity contribution in [1.29, 1.82) is 0 Å². The van der Waals surface area contributed by atoms with E-state index in [9.17, 15) is 4.79 Å². The van der Waals surface area contributed by atoms with Gasteiger partial charge in [-0.05, 0) is 12.8 Å². The maximum Gasteiger partial charge on any atom is 0.139 e. The van der Waals surface area contributed by atoms with Gasteiger partial charge in [-0.3, -0.25) is 4.84 Å². The molecule has 4 heteroatoms. The van der Waals surface area contributed by atoms with Crippen LogP contribution in [0.2, 0.25) is 0 Å². The summed E-state index contributed by atoms with van der Waals surface area (Å²) >= 11 is 0. The molecule has 0 bridgehead atoms. The molecule has 4 nitrogen and oxygen atoms in total. The molecule has 1 rings (SSSR count). The van der Waals surface area contributed by atoms with Crippen molar-refractivity contribution in [2.24, 2.45) is 0 Å². The molecule has 0 aromatic carbocycles. The third kappa shape index (κ3) is 2.25. The highest BCUT2D eigenvalue weighted by atomic mass is 16.7. The van der Waals surface area contributed by atoms with Crippen LogP contribution in [0.1, 0.15) is 12.8 Å². The van der Waals surface area contributed by atoms with Gasteiger partial charge in [-0.2, -0.15) is 5.06 Å². The zero-order chi connectivity index (χ0) is 8.10. The summed E-state index contributed by atoms with van der Waals surface area (Å²) in [7, 11) is 0. The van der Waals surface area contributed by atoms with Gasteiger partial charge >= 0.3 is 0 Å². The number of carbonyl (C=O) groups is 1. The Hall–Kier alpha value is -0.450. The van der Waals surface area contributed by atoms with Crippen LogP contribution in [-0.2, 0) is 9.63 Å². The van der Waals surface area contributed by atoms with Gasteiger partial charge in [0.25, 0.3) is 0 Å². The first-order chi connectivity index (χ1) is 5.38. The Morgan fingerprint density at radius 1 is 1.73 bits per heavy atom. The van der Waals surface area contributed by atoms with Gasteiger partial charge < -0.3 is 9.90 Å². The molecule has 1 saturated heterocycles. The quantitative estimate of drug-likeness (QED) is 0.566. The van der Waals surface area contributed by atoms with Crippen molar-refractivity contribution < 1.29 is 14.7 Å². The number of aliphatic hydroxyl groups excluding tert-OH is 1. The van der Waals surface area contributed by atoms with E-state index in [0.29, 0.717) is 0 Å². The van der Waals surface area contributed by atoms with E-state index in [-0.39, 0.29) is 19.3 Å². The molecule has 11 heavy (non-hydrogen) atoms. The Bertz CT molecular complexity index is 129. The predicted octanol–water partition coefficient (Wildman–Crippen LogP) is -0.426. The third-order valence-corrected chi connectivity index (χ3v) is 1.75. The predicted molar refractivity (Wildman–Crippen MR) is 38.8 cm³/mol. The van der Waals surface area contributed by atoms with E-state index in [1.165, 1.54) is 0 Å². The molecular formula is C7H13NO3. The maximum atomic E-state index is 10.4.